The molecule has 1 aliphatic rings. The van der Waals surface area contributed by atoms with Crippen LogP contribution in [0, 0.1) is 5.92 Å². The number of ether oxygens (including phenoxy) is 1. The van der Waals surface area contributed by atoms with Gasteiger partial charge in [0.1, 0.15) is 12.0 Å². The van der Waals surface area contributed by atoms with Crippen LogP contribution in [0.1, 0.15) is 32.9 Å². The Morgan fingerprint density at radius 2 is 2.44 bits per heavy atom. The maximum atomic E-state index is 11.7. The quantitative estimate of drug-likeness (QED) is 0.816. The van der Waals surface area contributed by atoms with Gasteiger partial charge in [-0.3, -0.25) is 4.57 Å². The SMILES string of the molecule is CCC1C[C@H](C)C(n2ccc(N)nc2=O)O1. The fraction of sp³-hybridized carbons (Fsp3) is 0.636. The monoisotopic (exact) mass is 223 g/mol. The number of nitrogen functional groups attached to an aromatic ring is 1. The van der Waals surface area contributed by atoms with Crippen LogP contribution in [0.5, 0.6) is 0 Å². The third-order valence-corrected chi connectivity index (χ3v) is 3.03. The van der Waals surface area contributed by atoms with Crippen molar-refractivity contribution in [3.05, 3.63) is 22.7 Å². The van der Waals surface area contributed by atoms with E-state index in [-0.39, 0.29) is 23.8 Å². The van der Waals surface area contributed by atoms with Gasteiger partial charge in [0.25, 0.3) is 0 Å². The molecular formula is C11H17N3O2. The molecule has 88 valence electrons. The van der Waals surface area contributed by atoms with Crippen molar-refractivity contribution in [1.82, 2.24) is 9.55 Å². The molecule has 0 saturated carbocycles. The molecule has 2 heterocycles. The van der Waals surface area contributed by atoms with E-state index < -0.39 is 0 Å². The highest BCUT2D eigenvalue weighted by Crippen LogP contribution is 2.34. The second-order valence-electron chi connectivity index (χ2n) is 4.31. The van der Waals surface area contributed by atoms with Crippen LogP contribution in [0.25, 0.3) is 0 Å². The van der Waals surface area contributed by atoms with Crippen LogP contribution in [-0.4, -0.2) is 15.7 Å². The number of hydrogen-bond acceptors (Lipinski definition) is 4. The molecule has 0 aliphatic carbocycles. The molecule has 1 fully saturated rings. The third-order valence-electron chi connectivity index (χ3n) is 3.03. The standard InChI is InChI=1S/C11H17N3O2/c1-3-8-6-7(2)10(16-8)14-5-4-9(12)13-11(14)15/h4-5,7-8,10H,3,6H2,1-2H3,(H2,12,13,15)/t7-,8?,10?/m0/s1. The fourth-order valence-electron chi connectivity index (χ4n) is 2.14. The molecule has 16 heavy (non-hydrogen) atoms. The first kappa shape index (κ1) is 11.1. The average Bonchev–Trinajstić information content (AvgIpc) is 2.60. The van der Waals surface area contributed by atoms with Crippen LogP contribution < -0.4 is 11.4 Å². The number of hydrogen-bond donors (Lipinski definition) is 1. The summed E-state index contributed by atoms with van der Waals surface area (Å²) >= 11 is 0. The fourth-order valence-corrected chi connectivity index (χ4v) is 2.14. The highest BCUT2D eigenvalue weighted by molar-refractivity contribution is 5.23. The number of rotatable bonds is 2. The Bertz CT molecular complexity index is 429. The summed E-state index contributed by atoms with van der Waals surface area (Å²) in [4.78, 5) is 15.4. The predicted octanol–water partition coefficient (Wildman–Crippen LogP) is 1.16. The highest BCUT2D eigenvalue weighted by atomic mass is 16.5. The average molecular weight is 223 g/mol. The first-order valence-corrected chi connectivity index (χ1v) is 5.62. The molecule has 3 atom stereocenters. The van der Waals surface area contributed by atoms with E-state index >= 15 is 0 Å². The first-order valence-electron chi connectivity index (χ1n) is 5.62. The lowest BCUT2D eigenvalue weighted by Crippen LogP contribution is -2.29. The van der Waals surface area contributed by atoms with Crippen molar-refractivity contribution in [2.45, 2.75) is 39.0 Å². The Balaban J connectivity index is 2.28. The molecule has 0 amide bonds. The summed E-state index contributed by atoms with van der Waals surface area (Å²) in [6, 6.07) is 1.62. The van der Waals surface area contributed by atoms with Crippen molar-refractivity contribution in [3.8, 4) is 0 Å². The first-order chi connectivity index (χ1) is 7.61. The van der Waals surface area contributed by atoms with Crippen LogP contribution in [0.2, 0.25) is 0 Å². The van der Waals surface area contributed by atoms with Crippen molar-refractivity contribution < 1.29 is 4.74 Å². The van der Waals surface area contributed by atoms with E-state index in [0.29, 0.717) is 5.92 Å². The van der Waals surface area contributed by atoms with Gasteiger partial charge in [0.05, 0.1) is 6.10 Å². The lowest BCUT2D eigenvalue weighted by Gasteiger charge is -2.17. The van der Waals surface area contributed by atoms with Gasteiger partial charge < -0.3 is 10.5 Å². The smallest absolute Gasteiger partial charge is 0.351 e. The molecule has 5 nitrogen and oxygen atoms in total. The summed E-state index contributed by atoms with van der Waals surface area (Å²) in [7, 11) is 0. The maximum Gasteiger partial charge on any atom is 0.351 e. The lowest BCUT2D eigenvalue weighted by molar-refractivity contribution is -0.0141. The van der Waals surface area contributed by atoms with Gasteiger partial charge in [-0.2, -0.15) is 4.98 Å². The third kappa shape index (κ3) is 1.95. The van der Waals surface area contributed by atoms with Crippen LogP contribution >= 0.6 is 0 Å². The molecule has 1 aromatic rings. The van der Waals surface area contributed by atoms with Crippen molar-refractivity contribution >= 4 is 5.82 Å². The van der Waals surface area contributed by atoms with Gasteiger partial charge in [0, 0.05) is 12.1 Å². The maximum absolute atomic E-state index is 11.7. The Labute approximate surface area is 94.2 Å². The summed E-state index contributed by atoms with van der Waals surface area (Å²) in [6.45, 7) is 4.17. The molecule has 2 unspecified atom stereocenters. The Kier molecular flexibility index (Phi) is 2.96. The van der Waals surface area contributed by atoms with Gasteiger partial charge in [0.2, 0.25) is 0 Å². The van der Waals surface area contributed by atoms with E-state index in [1.807, 2.05) is 0 Å². The second kappa shape index (κ2) is 4.25. The van der Waals surface area contributed by atoms with Gasteiger partial charge in [0.15, 0.2) is 0 Å². The molecule has 0 radical (unpaired) electrons. The molecule has 0 aromatic carbocycles. The minimum Gasteiger partial charge on any atom is -0.383 e. The zero-order chi connectivity index (χ0) is 11.7. The minimum atomic E-state index is -0.339. The number of nitrogens with two attached hydrogens (primary N) is 1. The van der Waals surface area contributed by atoms with E-state index in [1.165, 1.54) is 4.57 Å². The molecule has 1 aliphatic heterocycles. The highest BCUT2D eigenvalue weighted by Gasteiger charge is 2.32. The number of nitrogens with zero attached hydrogens (tertiary/aromatic N) is 2. The van der Waals surface area contributed by atoms with E-state index in [9.17, 15) is 4.79 Å². The number of aromatic nitrogens is 2. The molecule has 2 N–H and O–H groups in total. The minimum absolute atomic E-state index is 0.203. The van der Waals surface area contributed by atoms with Crippen LogP contribution in [-0.2, 0) is 4.74 Å². The zero-order valence-electron chi connectivity index (χ0n) is 9.59. The molecule has 0 spiro atoms. The number of anilines is 1. The summed E-state index contributed by atoms with van der Waals surface area (Å²) < 4.78 is 7.34. The van der Waals surface area contributed by atoms with Crippen molar-refractivity contribution in [2.24, 2.45) is 5.92 Å². The Hall–Kier alpha value is -1.36. The molecule has 2 rings (SSSR count). The van der Waals surface area contributed by atoms with Crippen molar-refractivity contribution in [1.29, 1.82) is 0 Å². The van der Waals surface area contributed by atoms with E-state index in [4.69, 9.17) is 10.5 Å². The van der Waals surface area contributed by atoms with Gasteiger partial charge in [-0.05, 0) is 18.9 Å². The molecule has 5 heteroatoms. The molecule has 1 aromatic heterocycles. The Morgan fingerprint density at radius 3 is 3.00 bits per heavy atom. The topological polar surface area (TPSA) is 70.1 Å². The summed E-state index contributed by atoms with van der Waals surface area (Å²) in [6.07, 6.45) is 3.65. The van der Waals surface area contributed by atoms with Crippen LogP contribution in [0.3, 0.4) is 0 Å². The van der Waals surface area contributed by atoms with Crippen LogP contribution in [0.4, 0.5) is 5.82 Å². The van der Waals surface area contributed by atoms with Crippen molar-refractivity contribution in [2.75, 3.05) is 5.73 Å². The van der Waals surface area contributed by atoms with Gasteiger partial charge in [-0.15, -0.1) is 0 Å². The molecule has 0 bridgehead atoms. The lowest BCUT2D eigenvalue weighted by atomic mass is 10.0. The summed E-state index contributed by atoms with van der Waals surface area (Å²) in [5.41, 5.74) is 5.11. The van der Waals surface area contributed by atoms with Gasteiger partial charge >= 0.3 is 5.69 Å². The summed E-state index contributed by atoms with van der Waals surface area (Å²) in [5.74, 6) is 0.576. The second-order valence-corrected chi connectivity index (χ2v) is 4.31. The Morgan fingerprint density at radius 1 is 1.69 bits per heavy atom. The van der Waals surface area contributed by atoms with E-state index in [1.54, 1.807) is 12.3 Å². The predicted molar refractivity (Wildman–Crippen MR) is 60.9 cm³/mol. The molecule has 1 saturated heterocycles. The van der Waals surface area contributed by atoms with Crippen molar-refractivity contribution in [3.63, 3.8) is 0 Å². The van der Waals surface area contributed by atoms with Crippen LogP contribution in [0.15, 0.2) is 17.1 Å². The van der Waals surface area contributed by atoms with Gasteiger partial charge in [-0.1, -0.05) is 13.8 Å². The zero-order valence-corrected chi connectivity index (χ0v) is 9.59. The van der Waals surface area contributed by atoms with Gasteiger partial charge in [-0.25, -0.2) is 4.79 Å². The largest absolute Gasteiger partial charge is 0.383 e. The normalized spacial score (nSPS) is 29.5. The van der Waals surface area contributed by atoms with E-state index in [2.05, 4.69) is 18.8 Å². The molecular weight excluding hydrogens is 206 g/mol. The van der Waals surface area contributed by atoms with E-state index in [0.717, 1.165) is 12.8 Å². The summed E-state index contributed by atoms with van der Waals surface area (Å²) in [5, 5.41) is 0.